The lowest BCUT2D eigenvalue weighted by Gasteiger charge is -2.08. The minimum atomic E-state index is -0.303. The van der Waals surface area contributed by atoms with Crippen LogP contribution >= 0.6 is 11.6 Å². The van der Waals surface area contributed by atoms with Gasteiger partial charge in [0.25, 0.3) is 0 Å². The summed E-state index contributed by atoms with van der Waals surface area (Å²) in [4.78, 5) is 3.80. The maximum Gasteiger partial charge on any atom is 0.136 e. The predicted octanol–water partition coefficient (Wildman–Crippen LogP) is 3.44. The molecule has 3 aromatic rings. The van der Waals surface area contributed by atoms with Crippen LogP contribution in [0.15, 0.2) is 59.6 Å². The minimum Gasteiger partial charge on any atom is -0.497 e. The Morgan fingerprint density at radius 3 is 2.52 bits per heavy atom. The highest BCUT2D eigenvalue weighted by Gasteiger charge is 2.12. The second-order valence-corrected chi connectivity index (χ2v) is 6.36. The molecule has 0 unspecified atom stereocenters. The number of methoxy groups -OCH3 is 1. The van der Waals surface area contributed by atoms with E-state index in [1.54, 1.807) is 7.11 Å². The fraction of sp³-hybridized carbons (Fsp3) is 0.200. The number of halogens is 1. The average molecular weight is 385 g/mol. The normalized spacial score (nSPS) is 11.6. The van der Waals surface area contributed by atoms with Gasteiger partial charge in [-0.2, -0.15) is 5.10 Å². The fourth-order valence-electron chi connectivity index (χ4n) is 2.72. The van der Waals surface area contributed by atoms with E-state index in [1.165, 1.54) is 0 Å². The maximum atomic E-state index is 8.84. The number of nitrogens with two attached hydrogens (primary N) is 1. The van der Waals surface area contributed by atoms with Crippen molar-refractivity contribution in [2.75, 3.05) is 13.8 Å². The lowest BCUT2D eigenvalue weighted by molar-refractivity contribution is 0.309. The third-order valence-corrected chi connectivity index (χ3v) is 4.38. The third kappa shape index (κ3) is 4.67. The largest absolute Gasteiger partial charge is 0.497 e. The molecule has 0 aliphatic rings. The summed E-state index contributed by atoms with van der Waals surface area (Å²) in [6.07, 6.45) is 1.15. The second-order valence-electron chi connectivity index (χ2n) is 5.93. The number of benzene rings is 2. The van der Waals surface area contributed by atoms with E-state index < -0.39 is 0 Å². The number of aliphatic hydroxyl groups is 1. The molecule has 3 rings (SSSR count). The smallest absolute Gasteiger partial charge is 0.136 e. The number of ether oxygens (including phenoxy) is 1. The van der Waals surface area contributed by atoms with Gasteiger partial charge in [0.05, 0.1) is 30.0 Å². The Kier molecular flexibility index (Phi) is 6.11. The van der Waals surface area contributed by atoms with E-state index in [0.29, 0.717) is 23.7 Å². The molecular weight excluding hydrogens is 364 g/mol. The topological polar surface area (TPSA) is 85.7 Å². The van der Waals surface area contributed by atoms with Crippen molar-refractivity contribution < 1.29 is 9.84 Å². The van der Waals surface area contributed by atoms with Gasteiger partial charge in [0.15, 0.2) is 0 Å². The van der Waals surface area contributed by atoms with Crippen LogP contribution in [0.5, 0.6) is 5.75 Å². The Bertz CT molecular complexity index is 918. The maximum absolute atomic E-state index is 8.84. The number of amidine groups is 1. The molecule has 140 valence electrons. The van der Waals surface area contributed by atoms with Gasteiger partial charge in [0.1, 0.15) is 12.5 Å². The number of hydrogen-bond donors (Lipinski definition) is 2. The van der Waals surface area contributed by atoms with E-state index in [9.17, 15) is 0 Å². The molecule has 6 nitrogen and oxygen atoms in total. The van der Waals surface area contributed by atoms with Crippen LogP contribution in [-0.2, 0) is 6.42 Å². The van der Waals surface area contributed by atoms with Gasteiger partial charge in [-0.1, -0.05) is 23.7 Å². The van der Waals surface area contributed by atoms with Gasteiger partial charge < -0.3 is 15.6 Å². The van der Waals surface area contributed by atoms with E-state index in [4.69, 9.17) is 32.3 Å². The summed E-state index contributed by atoms with van der Waals surface area (Å²) in [5.74, 6) is 1.19. The molecule has 1 heterocycles. The zero-order valence-electron chi connectivity index (χ0n) is 15.0. The summed E-state index contributed by atoms with van der Waals surface area (Å²) in [6, 6.07) is 17.4. The Morgan fingerprint density at radius 2 is 1.89 bits per heavy atom. The SMILES string of the molecule is COc1ccc(-n2nc(CCC(N)=NCO)cc2-c2ccc(Cl)cc2)cc1. The van der Waals surface area contributed by atoms with Gasteiger partial charge in [-0.05, 0) is 48.9 Å². The van der Waals surface area contributed by atoms with Crippen LogP contribution in [0, 0.1) is 0 Å². The zero-order chi connectivity index (χ0) is 19.2. The number of aryl methyl sites for hydroxylation is 1. The molecular formula is C20H21ClN4O2. The third-order valence-electron chi connectivity index (χ3n) is 4.13. The molecule has 0 fully saturated rings. The van der Waals surface area contributed by atoms with Crippen molar-refractivity contribution >= 4 is 17.4 Å². The van der Waals surface area contributed by atoms with Gasteiger partial charge in [0, 0.05) is 17.0 Å². The van der Waals surface area contributed by atoms with Crippen molar-refractivity contribution in [3.05, 3.63) is 65.3 Å². The van der Waals surface area contributed by atoms with Crippen molar-refractivity contribution in [1.82, 2.24) is 9.78 Å². The highest BCUT2D eigenvalue weighted by atomic mass is 35.5. The number of aromatic nitrogens is 2. The molecule has 0 aliphatic heterocycles. The molecule has 0 radical (unpaired) electrons. The molecule has 0 bridgehead atoms. The quantitative estimate of drug-likeness (QED) is 0.482. The van der Waals surface area contributed by atoms with Crippen molar-refractivity contribution in [2.45, 2.75) is 12.8 Å². The Hall–Kier alpha value is -2.83. The van der Waals surface area contributed by atoms with E-state index >= 15 is 0 Å². The molecule has 0 saturated carbocycles. The van der Waals surface area contributed by atoms with Crippen molar-refractivity contribution in [3.63, 3.8) is 0 Å². The van der Waals surface area contributed by atoms with Gasteiger partial charge >= 0.3 is 0 Å². The van der Waals surface area contributed by atoms with Crippen LogP contribution in [0.1, 0.15) is 12.1 Å². The summed E-state index contributed by atoms with van der Waals surface area (Å²) in [7, 11) is 1.64. The highest BCUT2D eigenvalue weighted by Crippen LogP contribution is 2.27. The molecule has 0 saturated heterocycles. The first-order valence-corrected chi connectivity index (χ1v) is 8.87. The van der Waals surface area contributed by atoms with E-state index in [2.05, 4.69) is 4.99 Å². The number of aliphatic imine (C=N–C) groups is 1. The van der Waals surface area contributed by atoms with Crippen LogP contribution in [0.3, 0.4) is 0 Å². The van der Waals surface area contributed by atoms with Gasteiger partial charge in [-0.3, -0.25) is 0 Å². The minimum absolute atomic E-state index is 0.303. The highest BCUT2D eigenvalue weighted by molar-refractivity contribution is 6.30. The molecule has 2 aromatic carbocycles. The Labute approximate surface area is 162 Å². The van der Waals surface area contributed by atoms with Crippen molar-refractivity contribution in [2.24, 2.45) is 10.7 Å². The first-order valence-electron chi connectivity index (χ1n) is 8.49. The molecule has 27 heavy (non-hydrogen) atoms. The van der Waals surface area contributed by atoms with Crippen LogP contribution in [-0.4, -0.2) is 34.6 Å². The standard InChI is InChI=1S/C20H21ClN4O2/c1-27-18-9-7-17(8-10-18)25-19(14-2-4-15(21)5-3-14)12-16(24-25)6-11-20(22)23-13-26/h2-5,7-10,12,26H,6,11,13H2,1H3,(H2,22,23). The van der Waals surface area contributed by atoms with Crippen LogP contribution in [0.4, 0.5) is 0 Å². The Balaban J connectivity index is 1.98. The monoisotopic (exact) mass is 384 g/mol. The number of nitrogens with zero attached hydrogens (tertiary/aromatic N) is 3. The van der Waals surface area contributed by atoms with E-state index in [1.807, 2.05) is 59.3 Å². The lowest BCUT2D eigenvalue weighted by atomic mass is 10.1. The van der Waals surface area contributed by atoms with Crippen molar-refractivity contribution in [1.29, 1.82) is 0 Å². The predicted molar refractivity (Wildman–Crippen MR) is 108 cm³/mol. The van der Waals surface area contributed by atoms with E-state index in [-0.39, 0.29) is 6.73 Å². The van der Waals surface area contributed by atoms with Gasteiger partial charge in [-0.25, -0.2) is 9.67 Å². The first-order chi connectivity index (χ1) is 13.1. The Morgan fingerprint density at radius 1 is 1.19 bits per heavy atom. The fourth-order valence-corrected chi connectivity index (χ4v) is 2.85. The zero-order valence-corrected chi connectivity index (χ0v) is 15.7. The molecule has 1 aromatic heterocycles. The van der Waals surface area contributed by atoms with Crippen LogP contribution < -0.4 is 10.5 Å². The van der Waals surface area contributed by atoms with Gasteiger partial charge in [-0.15, -0.1) is 0 Å². The summed E-state index contributed by atoms with van der Waals surface area (Å²) in [5.41, 5.74) is 9.53. The summed E-state index contributed by atoms with van der Waals surface area (Å²) in [6.45, 7) is -0.303. The van der Waals surface area contributed by atoms with E-state index in [0.717, 1.165) is 28.4 Å². The molecule has 7 heteroatoms. The van der Waals surface area contributed by atoms with Gasteiger partial charge in [0.2, 0.25) is 0 Å². The van der Waals surface area contributed by atoms with Crippen LogP contribution in [0.2, 0.25) is 5.02 Å². The molecule has 3 N–H and O–H groups in total. The molecule has 0 amide bonds. The average Bonchev–Trinajstić information content (AvgIpc) is 3.11. The molecule has 0 atom stereocenters. The molecule has 0 spiro atoms. The number of aliphatic hydroxyl groups excluding tert-OH is 1. The lowest BCUT2D eigenvalue weighted by Crippen LogP contribution is -2.13. The summed E-state index contributed by atoms with van der Waals surface area (Å²) < 4.78 is 7.12. The molecule has 0 aliphatic carbocycles. The number of hydrogen-bond acceptors (Lipinski definition) is 4. The second kappa shape index (κ2) is 8.70. The van der Waals surface area contributed by atoms with Crippen LogP contribution in [0.25, 0.3) is 16.9 Å². The summed E-state index contributed by atoms with van der Waals surface area (Å²) in [5, 5.41) is 14.3. The van der Waals surface area contributed by atoms with Crippen molar-refractivity contribution in [3.8, 4) is 22.7 Å². The summed E-state index contributed by atoms with van der Waals surface area (Å²) >= 11 is 6.02. The first kappa shape index (κ1) is 18.9. The number of rotatable bonds is 7.